The van der Waals surface area contributed by atoms with Gasteiger partial charge in [0.2, 0.25) is 0 Å². The molecule has 2 N–H and O–H groups in total. The van der Waals surface area contributed by atoms with Crippen LogP contribution in [0.2, 0.25) is 0 Å². The Bertz CT molecular complexity index is 281. The second-order valence-corrected chi connectivity index (χ2v) is 3.75. The van der Waals surface area contributed by atoms with Crippen LogP contribution in [0.4, 0.5) is 0 Å². The van der Waals surface area contributed by atoms with Crippen molar-refractivity contribution in [2.24, 2.45) is 5.73 Å². The number of benzene rings is 1. The van der Waals surface area contributed by atoms with E-state index in [1.165, 1.54) is 0 Å². The van der Waals surface area contributed by atoms with Gasteiger partial charge in [-0.1, -0.05) is 12.1 Å². The highest BCUT2D eigenvalue weighted by Crippen LogP contribution is 2.26. The molecule has 0 heterocycles. The summed E-state index contributed by atoms with van der Waals surface area (Å²) in [5, 5.41) is 0. The Balaban J connectivity index is 2.30. The van der Waals surface area contributed by atoms with Crippen LogP contribution in [0.5, 0.6) is 5.75 Å². The molecule has 0 aromatic heterocycles. The van der Waals surface area contributed by atoms with Crippen molar-refractivity contribution in [3.63, 3.8) is 0 Å². The van der Waals surface area contributed by atoms with E-state index in [1.54, 1.807) is 11.8 Å². The molecule has 4 heteroatoms. The molecule has 0 fully saturated rings. The number of nitrogens with two attached hydrogens (primary N) is 1. The van der Waals surface area contributed by atoms with Crippen LogP contribution in [0, 0.1) is 0 Å². The van der Waals surface area contributed by atoms with Crippen LogP contribution < -0.4 is 10.5 Å². The Morgan fingerprint density at radius 2 is 2.00 bits per heavy atom. The van der Waals surface area contributed by atoms with Crippen LogP contribution in [0.15, 0.2) is 29.2 Å². The van der Waals surface area contributed by atoms with E-state index in [0.29, 0.717) is 26.4 Å². The molecule has 0 aliphatic carbocycles. The number of rotatable bonds is 7. The number of para-hydroxylation sites is 1. The largest absolute Gasteiger partial charge is 0.490 e. The van der Waals surface area contributed by atoms with E-state index in [2.05, 4.69) is 0 Å². The maximum atomic E-state index is 5.59. The SMILES string of the molecule is CSc1ccccc1OCCOCCN. The second-order valence-electron chi connectivity index (χ2n) is 2.90. The van der Waals surface area contributed by atoms with E-state index in [9.17, 15) is 0 Å². The molecule has 0 aliphatic heterocycles. The topological polar surface area (TPSA) is 44.5 Å². The Hall–Kier alpha value is -0.710. The first-order valence-electron chi connectivity index (χ1n) is 4.92. The maximum absolute atomic E-state index is 5.59. The van der Waals surface area contributed by atoms with Gasteiger partial charge in [0.1, 0.15) is 12.4 Å². The minimum absolute atomic E-state index is 0.557. The fourth-order valence-corrected chi connectivity index (χ4v) is 1.68. The zero-order chi connectivity index (χ0) is 10.9. The van der Waals surface area contributed by atoms with Gasteiger partial charge in [-0.3, -0.25) is 0 Å². The Morgan fingerprint density at radius 1 is 1.20 bits per heavy atom. The molecule has 0 amide bonds. The first-order chi connectivity index (χ1) is 7.38. The minimum Gasteiger partial charge on any atom is -0.490 e. The van der Waals surface area contributed by atoms with Crippen molar-refractivity contribution in [3.05, 3.63) is 24.3 Å². The van der Waals surface area contributed by atoms with Gasteiger partial charge in [-0.25, -0.2) is 0 Å². The first-order valence-corrected chi connectivity index (χ1v) is 6.14. The van der Waals surface area contributed by atoms with E-state index in [4.69, 9.17) is 15.2 Å². The van der Waals surface area contributed by atoms with Crippen molar-refractivity contribution in [2.75, 3.05) is 32.6 Å². The fraction of sp³-hybridized carbons (Fsp3) is 0.455. The van der Waals surface area contributed by atoms with Crippen molar-refractivity contribution in [3.8, 4) is 5.75 Å². The fourth-order valence-electron chi connectivity index (χ4n) is 1.13. The zero-order valence-electron chi connectivity index (χ0n) is 8.94. The standard InChI is InChI=1S/C11H17NO2S/c1-15-11-5-3-2-4-10(11)14-9-8-13-7-6-12/h2-5H,6-9,12H2,1H3. The highest BCUT2D eigenvalue weighted by molar-refractivity contribution is 7.98. The van der Waals surface area contributed by atoms with Gasteiger partial charge in [0, 0.05) is 11.4 Å². The minimum atomic E-state index is 0.557. The average molecular weight is 227 g/mol. The lowest BCUT2D eigenvalue weighted by Crippen LogP contribution is -2.13. The third-order valence-corrected chi connectivity index (χ3v) is 2.59. The summed E-state index contributed by atoms with van der Waals surface area (Å²) >= 11 is 1.68. The van der Waals surface area contributed by atoms with Gasteiger partial charge in [-0.05, 0) is 18.4 Å². The lowest BCUT2D eigenvalue weighted by Gasteiger charge is -2.09. The van der Waals surface area contributed by atoms with Crippen LogP contribution in [0.3, 0.4) is 0 Å². The van der Waals surface area contributed by atoms with E-state index in [1.807, 2.05) is 30.5 Å². The smallest absolute Gasteiger partial charge is 0.132 e. The molecule has 0 saturated heterocycles. The highest BCUT2D eigenvalue weighted by Gasteiger charge is 2.00. The lowest BCUT2D eigenvalue weighted by atomic mass is 10.3. The van der Waals surface area contributed by atoms with Gasteiger partial charge in [0.15, 0.2) is 0 Å². The van der Waals surface area contributed by atoms with E-state index < -0.39 is 0 Å². The molecule has 84 valence electrons. The van der Waals surface area contributed by atoms with E-state index >= 15 is 0 Å². The Morgan fingerprint density at radius 3 is 2.73 bits per heavy atom. The van der Waals surface area contributed by atoms with E-state index in [0.717, 1.165) is 10.6 Å². The average Bonchev–Trinajstić information content (AvgIpc) is 2.29. The van der Waals surface area contributed by atoms with Gasteiger partial charge in [0.25, 0.3) is 0 Å². The van der Waals surface area contributed by atoms with Crippen LogP contribution in [0.1, 0.15) is 0 Å². The predicted molar refractivity (Wildman–Crippen MR) is 63.6 cm³/mol. The van der Waals surface area contributed by atoms with Crippen LogP contribution in [0.25, 0.3) is 0 Å². The summed E-state index contributed by atoms with van der Waals surface area (Å²) in [6.45, 7) is 2.30. The summed E-state index contributed by atoms with van der Waals surface area (Å²) in [4.78, 5) is 1.15. The van der Waals surface area contributed by atoms with E-state index in [-0.39, 0.29) is 0 Å². The molecule has 1 rings (SSSR count). The molecular formula is C11H17NO2S. The normalized spacial score (nSPS) is 10.3. The Labute approximate surface area is 94.9 Å². The van der Waals surface area contributed by atoms with Gasteiger partial charge >= 0.3 is 0 Å². The van der Waals surface area contributed by atoms with Crippen LogP contribution in [-0.4, -0.2) is 32.6 Å². The number of thioether (sulfide) groups is 1. The van der Waals surface area contributed by atoms with Crippen LogP contribution >= 0.6 is 11.8 Å². The van der Waals surface area contributed by atoms with Gasteiger partial charge in [0.05, 0.1) is 13.2 Å². The van der Waals surface area contributed by atoms with Gasteiger partial charge < -0.3 is 15.2 Å². The van der Waals surface area contributed by atoms with Crippen molar-refractivity contribution < 1.29 is 9.47 Å². The summed E-state index contributed by atoms with van der Waals surface area (Å²) in [5.74, 6) is 0.918. The van der Waals surface area contributed by atoms with Crippen LogP contribution in [-0.2, 0) is 4.74 Å². The third-order valence-electron chi connectivity index (χ3n) is 1.82. The second kappa shape index (κ2) is 7.56. The van der Waals surface area contributed by atoms with Crippen molar-refractivity contribution in [1.29, 1.82) is 0 Å². The first kappa shape index (κ1) is 12.4. The number of ether oxygens (including phenoxy) is 2. The highest BCUT2D eigenvalue weighted by atomic mass is 32.2. The molecule has 0 unspecified atom stereocenters. The maximum Gasteiger partial charge on any atom is 0.132 e. The van der Waals surface area contributed by atoms with Crippen molar-refractivity contribution in [1.82, 2.24) is 0 Å². The van der Waals surface area contributed by atoms with Crippen molar-refractivity contribution >= 4 is 11.8 Å². The molecule has 0 atom stereocenters. The predicted octanol–water partition coefficient (Wildman–Crippen LogP) is 1.76. The van der Waals surface area contributed by atoms with Gasteiger partial charge in [-0.2, -0.15) is 0 Å². The molecule has 0 aliphatic rings. The molecule has 15 heavy (non-hydrogen) atoms. The molecular weight excluding hydrogens is 210 g/mol. The Kier molecular flexibility index (Phi) is 6.23. The van der Waals surface area contributed by atoms with Crippen molar-refractivity contribution in [2.45, 2.75) is 4.90 Å². The monoisotopic (exact) mass is 227 g/mol. The third kappa shape index (κ3) is 4.55. The summed E-state index contributed by atoms with van der Waals surface area (Å²) < 4.78 is 10.8. The number of hydrogen-bond donors (Lipinski definition) is 1. The molecule has 0 saturated carbocycles. The summed E-state index contributed by atoms with van der Waals surface area (Å²) in [7, 11) is 0. The molecule has 0 radical (unpaired) electrons. The number of hydrogen-bond acceptors (Lipinski definition) is 4. The molecule has 0 bridgehead atoms. The zero-order valence-corrected chi connectivity index (χ0v) is 9.76. The molecule has 1 aromatic carbocycles. The summed E-state index contributed by atoms with van der Waals surface area (Å²) in [6, 6.07) is 7.98. The molecule has 1 aromatic rings. The molecule has 0 spiro atoms. The van der Waals surface area contributed by atoms with Gasteiger partial charge in [-0.15, -0.1) is 11.8 Å². The lowest BCUT2D eigenvalue weighted by molar-refractivity contribution is 0.105. The quantitative estimate of drug-likeness (QED) is 0.569. The molecule has 3 nitrogen and oxygen atoms in total. The summed E-state index contributed by atoms with van der Waals surface area (Å²) in [6.07, 6.45) is 2.03. The summed E-state index contributed by atoms with van der Waals surface area (Å²) in [5.41, 5.74) is 5.30.